The van der Waals surface area contributed by atoms with Crippen LogP contribution >= 0.6 is 7.60 Å². The Bertz CT molecular complexity index is 1000. The molecule has 8 heteroatoms. The van der Waals surface area contributed by atoms with Gasteiger partial charge in [-0.3, -0.25) is 14.2 Å². The van der Waals surface area contributed by atoms with Gasteiger partial charge in [0, 0.05) is 5.69 Å². The molecule has 4 N–H and O–H groups in total. The van der Waals surface area contributed by atoms with Crippen LogP contribution in [0, 0.1) is 11.8 Å². The molecule has 0 radical (unpaired) electrons. The van der Waals surface area contributed by atoms with E-state index in [2.05, 4.69) is 5.32 Å². The average Bonchev–Trinajstić information content (AvgIpc) is 2.79. The monoisotopic (exact) mass is 475 g/mol. The van der Waals surface area contributed by atoms with Crippen LogP contribution in [0.15, 0.2) is 48.5 Å². The Labute approximate surface area is 195 Å². The van der Waals surface area contributed by atoms with Crippen molar-refractivity contribution in [3.63, 3.8) is 0 Å². The largest absolute Gasteiger partial charge is 0.481 e. The first-order chi connectivity index (χ1) is 15.6. The molecular formula is C25H34NO6P. The summed E-state index contributed by atoms with van der Waals surface area (Å²) in [6, 6.07) is 14.3. The Balaban J connectivity index is 0.000000257. The first-order valence-corrected chi connectivity index (χ1v) is 12.9. The van der Waals surface area contributed by atoms with Crippen LogP contribution in [-0.2, 0) is 20.6 Å². The SMILES string of the molecule is CC(C)c1ccccc1P(=O)(O)O.CCc1ccccc1NC(=O)[C@H]1CCCC[C@H]1C(=O)O. The van der Waals surface area contributed by atoms with Gasteiger partial charge in [-0.25, -0.2) is 0 Å². The highest BCUT2D eigenvalue weighted by Crippen LogP contribution is 2.36. The lowest BCUT2D eigenvalue weighted by atomic mass is 9.78. The second-order valence-electron chi connectivity index (χ2n) is 8.59. The van der Waals surface area contributed by atoms with Crippen LogP contribution in [0.25, 0.3) is 0 Å². The quantitative estimate of drug-likeness (QED) is 0.449. The smallest absolute Gasteiger partial charge is 0.356 e. The van der Waals surface area contributed by atoms with Crippen molar-refractivity contribution in [1.29, 1.82) is 0 Å². The summed E-state index contributed by atoms with van der Waals surface area (Å²) in [6.07, 6.45) is 3.92. The van der Waals surface area contributed by atoms with E-state index in [1.165, 1.54) is 6.07 Å². The number of nitrogens with one attached hydrogen (secondary N) is 1. The molecule has 33 heavy (non-hydrogen) atoms. The molecule has 0 unspecified atom stereocenters. The molecule has 0 heterocycles. The fraction of sp³-hybridized carbons (Fsp3) is 0.440. The molecule has 2 aromatic carbocycles. The van der Waals surface area contributed by atoms with Crippen molar-refractivity contribution in [2.45, 2.75) is 58.8 Å². The maximum Gasteiger partial charge on any atom is 0.356 e. The van der Waals surface area contributed by atoms with E-state index in [9.17, 15) is 19.3 Å². The van der Waals surface area contributed by atoms with Gasteiger partial charge < -0.3 is 20.2 Å². The lowest BCUT2D eigenvalue weighted by Crippen LogP contribution is -2.36. The summed E-state index contributed by atoms with van der Waals surface area (Å²) < 4.78 is 11.1. The third-order valence-electron chi connectivity index (χ3n) is 5.95. The summed E-state index contributed by atoms with van der Waals surface area (Å²) in [6.45, 7) is 5.86. The number of hydrogen-bond donors (Lipinski definition) is 4. The van der Waals surface area contributed by atoms with Gasteiger partial charge in [-0.15, -0.1) is 0 Å². The number of carbonyl (C=O) groups is 2. The fourth-order valence-corrected chi connectivity index (χ4v) is 5.11. The minimum atomic E-state index is -4.11. The number of aryl methyl sites for hydroxylation is 1. The molecular weight excluding hydrogens is 441 g/mol. The topological polar surface area (TPSA) is 124 Å². The predicted octanol–water partition coefficient (Wildman–Crippen LogP) is 4.69. The number of para-hydroxylation sites is 1. The Morgan fingerprint density at radius 1 is 1.00 bits per heavy atom. The minimum absolute atomic E-state index is 0.129. The molecule has 0 spiro atoms. The first kappa shape index (κ1) is 26.8. The highest BCUT2D eigenvalue weighted by atomic mass is 31.2. The van der Waals surface area contributed by atoms with E-state index in [1.807, 2.05) is 45.0 Å². The van der Waals surface area contributed by atoms with Crippen molar-refractivity contribution in [2.24, 2.45) is 11.8 Å². The molecule has 0 aromatic heterocycles. The zero-order valence-corrected chi connectivity index (χ0v) is 20.3. The molecule has 1 aliphatic rings. The molecule has 0 saturated heterocycles. The fourth-order valence-electron chi connectivity index (χ4n) is 4.16. The summed E-state index contributed by atoms with van der Waals surface area (Å²) >= 11 is 0. The van der Waals surface area contributed by atoms with E-state index >= 15 is 0 Å². The molecule has 3 rings (SSSR count). The van der Waals surface area contributed by atoms with Gasteiger partial charge >= 0.3 is 13.6 Å². The second kappa shape index (κ2) is 12.1. The second-order valence-corrected chi connectivity index (χ2v) is 10.2. The van der Waals surface area contributed by atoms with E-state index in [1.54, 1.807) is 18.2 Å². The van der Waals surface area contributed by atoms with Crippen LogP contribution in [0.4, 0.5) is 5.69 Å². The normalized spacial score (nSPS) is 18.2. The van der Waals surface area contributed by atoms with Gasteiger partial charge in [0.2, 0.25) is 5.91 Å². The molecule has 1 saturated carbocycles. The van der Waals surface area contributed by atoms with Crippen LogP contribution in [0.3, 0.4) is 0 Å². The van der Waals surface area contributed by atoms with Crippen molar-refractivity contribution >= 4 is 30.5 Å². The summed E-state index contributed by atoms with van der Waals surface area (Å²) in [5.74, 6) is -1.83. The molecule has 7 nitrogen and oxygen atoms in total. The number of aliphatic carboxylic acids is 1. The minimum Gasteiger partial charge on any atom is -0.481 e. The number of anilines is 1. The van der Waals surface area contributed by atoms with Gasteiger partial charge in [0.05, 0.1) is 17.1 Å². The van der Waals surface area contributed by atoms with Gasteiger partial charge in [0.15, 0.2) is 0 Å². The number of hydrogen-bond acceptors (Lipinski definition) is 3. The van der Waals surface area contributed by atoms with Gasteiger partial charge in [0.1, 0.15) is 0 Å². The number of carbonyl (C=O) groups excluding carboxylic acids is 1. The molecule has 0 aliphatic heterocycles. The molecule has 1 fully saturated rings. The molecule has 180 valence electrons. The van der Waals surface area contributed by atoms with Crippen molar-refractivity contribution in [2.75, 3.05) is 5.32 Å². The van der Waals surface area contributed by atoms with Gasteiger partial charge in [-0.1, -0.05) is 70.0 Å². The summed E-state index contributed by atoms with van der Waals surface area (Å²) in [5, 5.41) is 12.3. The van der Waals surface area contributed by atoms with E-state index in [0.29, 0.717) is 12.8 Å². The summed E-state index contributed by atoms with van der Waals surface area (Å²) in [5.41, 5.74) is 2.59. The lowest BCUT2D eigenvalue weighted by molar-refractivity contribution is -0.147. The molecule has 2 aromatic rings. The zero-order chi connectivity index (χ0) is 24.6. The molecule has 1 amide bonds. The number of benzene rings is 2. The Hall–Kier alpha value is -2.47. The highest BCUT2D eigenvalue weighted by Gasteiger charge is 2.35. The van der Waals surface area contributed by atoms with Gasteiger partial charge in [-0.2, -0.15) is 0 Å². The molecule has 0 bridgehead atoms. The van der Waals surface area contributed by atoms with E-state index in [4.69, 9.17) is 9.79 Å². The van der Waals surface area contributed by atoms with Crippen molar-refractivity contribution in [1.82, 2.24) is 0 Å². The third kappa shape index (κ3) is 7.53. The third-order valence-corrected chi connectivity index (χ3v) is 6.98. The number of rotatable bonds is 6. The standard InChI is InChI=1S/C16H21NO3.C9H13O3P/c1-2-11-7-3-6-10-14(11)17-15(18)12-8-4-5-9-13(12)16(19)20;1-7(2)8-5-3-4-6-9(8)13(10,11)12/h3,6-7,10,12-13H,2,4-5,8-9H2,1H3,(H,17,18)(H,19,20);3-7H,1-2H3,(H2,10,11,12)/t12-,13+;/m0./s1. The van der Waals surface area contributed by atoms with E-state index < -0.39 is 25.4 Å². The predicted molar refractivity (Wildman–Crippen MR) is 130 cm³/mol. The summed E-state index contributed by atoms with van der Waals surface area (Å²) in [4.78, 5) is 41.7. The van der Waals surface area contributed by atoms with Crippen LogP contribution < -0.4 is 10.6 Å². The molecule has 1 aliphatic carbocycles. The Morgan fingerprint density at radius 2 is 1.58 bits per heavy atom. The first-order valence-electron chi connectivity index (χ1n) is 11.3. The van der Waals surface area contributed by atoms with E-state index in [-0.39, 0.29) is 17.1 Å². The van der Waals surface area contributed by atoms with Crippen LogP contribution in [-0.4, -0.2) is 26.8 Å². The van der Waals surface area contributed by atoms with E-state index in [0.717, 1.165) is 36.1 Å². The van der Waals surface area contributed by atoms with Crippen LogP contribution in [0.1, 0.15) is 63.5 Å². The number of carboxylic acids is 1. The maximum atomic E-state index is 12.4. The Kier molecular flexibility index (Phi) is 9.84. The van der Waals surface area contributed by atoms with Crippen molar-refractivity contribution in [3.8, 4) is 0 Å². The molecule has 2 atom stereocenters. The van der Waals surface area contributed by atoms with Gasteiger partial charge in [-0.05, 0) is 48.4 Å². The van der Waals surface area contributed by atoms with Gasteiger partial charge in [0.25, 0.3) is 0 Å². The zero-order valence-electron chi connectivity index (χ0n) is 19.4. The van der Waals surface area contributed by atoms with Crippen molar-refractivity contribution in [3.05, 3.63) is 59.7 Å². The summed E-state index contributed by atoms with van der Waals surface area (Å²) in [7, 11) is -4.11. The maximum absolute atomic E-state index is 12.4. The van der Waals surface area contributed by atoms with Crippen LogP contribution in [0.2, 0.25) is 0 Å². The number of carboxylic acid groups (broad SMARTS) is 1. The van der Waals surface area contributed by atoms with Crippen LogP contribution in [0.5, 0.6) is 0 Å². The number of amides is 1. The van der Waals surface area contributed by atoms with Crippen molar-refractivity contribution < 1.29 is 29.0 Å². The average molecular weight is 476 g/mol. The Morgan fingerprint density at radius 3 is 2.12 bits per heavy atom. The highest BCUT2D eigenvalue weighted by molar-refractivity contribution is 7.60. The lowest BCUT2D eigenvalue weighted by Gasteiger charge is -2.27.